The molecule has 1 aromatic carbocycles. The molecule has 0 aliphatic carbocycles. The lowest BCUT2D eigenvalue weighted by molar-refractivity contribution is 0.100. The maximum atomic E-state index is 10.8. The lowest BCUT2D eigenvalue weighted by Crippen LogP contribution is -2.10. The zero-order valence-electron chi connectivity index (χ0n) is 6.67. The van der Waals surface area contributed by atoms with E-state index in [4.69, 9.17) is 17.3 Å². The number of carbonyl (C=O) groups is 1. The number of halogens is 1. The summed E-state index contributed by atoms with van der Waals surface area (Å²) in [5.41, 5.74) is 6.50. The maximum Gasteiger partial charge on any atom is 0.248 e. The molecule has 0 saturated carbocycles. The Labute approximate surface area is 79.5 Å². The van der Waals surface area contributed by atoms with Crippen LogP contribution in [0.2, 0.25) is 5.02 Å². The number of H-pyrrole nitrogens is 1. The molecule has 13 heavy (non-hydrogen) atoms. The molecule has 0 unspecified atom stereocenters. The van der Waals surface area contributed by atoms with E-state index >= 15 is 0 Å². The van der Waals surface area contributed by atoms with E-state index < -0.39 is 5.91 Å². The van der Waals surface area contributed by atoms with Crippen LogP contribution in [0.3, 0.4) is 0 Å². The highest BCUT2D eigenvalue weighted by molar-refractivity contribution is 6.35. The van der Waals surface area contributed by atoms with E-state index in [1.807, 2.05) is 0 Å². The van der Waals surface area contributed by atoms with E-state index in [2.05, 4.69) is 4.98 Å². The molecule has 2 rings (SSSR count). The smallest absolute Gasteiger partial charge is 0.248 e. The van der Waals surface area contributed by atoms with Crippen molar-refractivity contribution in [2.45, 2.75) is 0 Å². The lowest BCUT2D eigenvalue weighted by atomic mass is 10.1. The summed E-state index contributed by atoms with van der Waals surface area (Å²) in [7, 11) is 0. The normalized spacial score (nSPS) is 10.5. The zero-order valence-corrected chi connectivity index (χ0v) is 7.43. The molecule has 0 radical (unpaired) electrons. The van der Waals surface area contributed by atoms with Crippen molar-refractivity contribution in [3.8, 4) is 0 Å². The molecule has 0 spiro atoms. The molecule has 66 valence electrons. The predicted octanol–water partition coefficient (Wildman–Crippen LogP) is 1.92. The van der Waals surface area contributed by atoms with Crippen LogP contribution in [-0.2, 0) is 0 Å². The molecule has 1 amide bonds. The molecule has 0 bridgehead atoms. The molecule has 0 aliphatic heterocycles. The molecular weight excluding hydrogens is 188 g/mol. The number of benzene rings is 1. The Balaban J connectivity index is 2.72. The molecule has 3 N–H and O–H groups in total. The third kappa shape index (κ3) is 1.27. The molecule has 4 heteroatoms. The Bertz CT molecular complexity index is 475. The van der Waals surface area contributed by atoms with E-state index in [-0.39, 0.29) is 0 Å². The number of carbonyl (C=O) groups excluding carboxylic acids is 1. The topological polar surface area (TPSA) is 58.9 Å². The number of aromatic nitrogens is 1. The summed E-state index contributed by atoms with van der Waals surface area (Å²) in [4.78, 5) is 13.8. The van der Waals surface area contributed by atoms with Crippen LogP contribution >= 0.6 is 11.6 Å². The maximum absolute atomic E-state index is 10.8. The average molecular weight is 195 g/mol. The number of amides is 1. The van der Waals surface area contributed by atoms with E-state index in [1.165, 1.54) is 0 Å². The average Bonchev–Trinajstić information content (AvgIpc) is 2.47. The van der Waals surface area contributed by atoms with Gasteiger partial charge < -0.3 is 10.7 Å². The second-order valence-corrected chi connectivity index (χ2v) is 3.17. The summed E-state index contributed by atoms with van der Waals surface area (Å²) in [6, 6.07) is 5.12. The highest BCUT2D eigenvalue weighted by Crippen LogP contribution is 2.23. The molecule has 1 heterocycles. The first-order chi connectivity index (χ1) is 6.18. The molecule has 0 fully saturated rings. The molecular formula is C9H7ClN2O. The number of nitrogens with two attached hydrogens (primary N) is 1. The fourth-order valence-electron chi connectivity index (χ4n) is 1.24. The number of hydrogen-bond acceptors (Lipinski definition) is 1. The van der Waals surface area contributed by atoms with Crippen molar-refractivity contribution in [2.75, 3.05) is 0 Å². The number of primary amides is 1. The van der Waals surface area contributed by atoms with Crippen molar-refractivity contribution in [3.63, 3.8) is 0 Å². The summed E-state index contributed by atoms with van der Waals surface area (Å²) in [5.74, 6) is -0.445. The molecule has 2 aromatic rings. The number of hydrogen-bond donors (Lipinski definition) is 2. The van der Waals surface area contributed by atoms with Gasteiger partial charge in [0.05, 0.1) is 5.02 Å². The van der Waals surface area contributed by atoms with Gasteiger partial charge in [-0.2, -0.15) is 0 Å². The van der Waals surface area contributed by atoms with Crippen LogP contribution in [0.15, 0.2) is 24.4 Å². The Morgan fingerprint density at radius 1 is 1.46 bits per heavy atom. The third-order valence-electron chi connectivity index (χ3n) is 1.92. The van der Waals surface area contributed by atoms with Gasteiger partial charge in [0.1, 0.15) is 0 Å². The fraction of sp³-hybridized carbons (Fsp3) is 0. The van der Waals surface area contributed by atoms with Crippen LogP contribution in [-0.4, -0.2) is 10.9 Å². The minimum Gasteiger partial charge on any atom is -0.366 e. The van der Waals surface area contributed by atoms with Gasteiger partial charge >= 0.3 is 0 Å². The van der Waals surface area contributed by atoms with Crippen molar-refractivity contribution in [2.24, 2.45) is 5.73 Å². The number of rotatable bonds is 1. The van der Waals surface area contributed by atoms with Crippen LogP contribution in [0.25, 0.3) is 10.9 Å². The molecule has 0 aliphatic rings. The van der Waals surface area contributed by atoms with Crippen LogP contribution in [0, 0.1) is 0 Å². The first-order valence-electron chi connectivity index (χ1n) is 3.75. The highest BCUT2D eigenvalue weighted by Gasteiger charge is 2.04. The Morgan fingerprint density at radius 3 is 2.92 bits per heavy atom. The quantitative estimate of drug-likeness (QED) is 0.716. The van der Waals surface area contributed by atoms with Crippen molar-refractivity contribution in [1.29, 1.82) is 0 Å². The summed E-state index contributed by atoms with van der Waals surface area (Å²) in [6.07, 6.45) is 1.68. The predicted molar refractivity (Wildman–Crippen MR) is 51.8 cm³/mol. The Hall–Kier alpha value is -1.48. The van der Waals surface area contributed by atoms with Crippen molar-refractivity contribution >= 4 is 28.4 Å². The standard InChI is InChI=1S/C9H7ClN2O/c10-7-4-12-8-2-1-5(9(11)13)3-6(7)8/h1-4,12H,(H2,11,13). The van der Waals surface area contributed by atoms with Gasteiger partial charge in [-0.15, -0.1) is 0 Å². The van der Waals surface area contributed by atoms with Crippen molar-refractivity contribution < 1.29 is 4.79 Å². The van der Waals surface area contributed by atoms with Gasteiger partial charge in [0.15, 0.2) is 0 Å². The van der Waals surface area contributed by atoms with Gasteiger partial charge in [0.25, 0.3) is 0 Å². The molecule has 3 nitrogen and oxygen atoms in total. The van der Waals surface area contributed by atoms with Crippen molar-refractivity contribution in [1.82, 2.24) is 4.98 Å². The van der Waals surface area contributed by atoms with E-state index in [0.717, 1.165) is 10.9 Å². The van der Waals surface area contributed by atoms with Gasteiger partial charge in [-0.25, -0.2) is 0 Å². The molecule has 0 atom stereocenters. The van der Waals surface area contributed by atoms with Gasteiger partial charge in [-0.1, -0.05) is 11.6 Å². The van der Waals surface area contributed by atoms with Gasteiger partial charge in [-0.3, -0.25) is 4.79 Å². The fourth-order valence-corrected chi connectivity index (χ4v) is 1.45. The number of nitrogens with one attached hydrogen (secondary N) is 1. The van der Waals surface area contributed by atoms with E-state index in [9.17, 15) is 4.79 Å². The van der Waals surface area contributed by atoms with Crippen LogP contribution in [0.4, 0.5) is 0 Å². The summed E-state index contributed by atoms with van der Waals surface area (Å²) in [5, 5.41) is 1.41. The van der Waals surface area contributed by atoms with E-state index in [0.29, 0.717) is 10.6 Å². The monoisotopic (exact) mass is 194 g/mol. The van der Waals surface area contributed by atoms with Gasteiger partial charge in [-0.05, 0) is 18.2 Å². The largest absolute Gasteiger partial charge is 0.366 e. The second kappa shape index (κ2) is 2.78. The lowest BCUT2D eigenvalue weighted by Gasteiger charge is -1.95. The summed E-state index contributed by atoms with van der Waals surface area (Å²) < 4.78 is 0. The third-order valence-corrected chi connectivity index (χ3v) is 2.23. The SMILES string of the molecule is NC(=O)c1ccc2[nH]cc(Cl)c2c1. The number of aromatic amines is 1. The first kappa shape index (κ1) is 8.13. The Kier molecular flexibility index (Phi) is 1.74. The molecule has 0 saturated heterocycles. The minimum atomic E-state index is -0.445. The zero-order chi connectivity index (χ0) is 9.42. The van der Waals surface area contributed by atoms with Crippen molar-refractivity contribution in [3.05, 3.63) is 35.0 Å². The van der Waals surface area contributed by atoms with Gasteiger partial charge in [0, 0.05) is 22.7 Å². The second-order valence-electron chi connectivity index (χ2n) is 2.76. The first-order valence-corrected chi connectivity index (χ1v) is 4.13. The number of fused-ring (bicyclic) bond motifs is 1. The Morgan fingerprint density at radius 2 is 2.23 bits per heavy atom. The van der Waals surface area contributed by atoms with Gasteiger partial charge in [0.2, 0.25) is 5.91 Å². The van der Waals surface area contributed by atoms with Crippen LogP contribution in [0.1, 0.15) is 10.4 Å². The van der Waals surface area contributed by atoms with E-state index in [1.54, 1.807) is 24.4 Å². The van der Waals surface area contributed by atoms with Crippen LogP contribution < -0.4 is 5.73 Å². The minimum absolute atomic E-state index is 0.445. The molecule has 1 aromatic heterocycles. The summed E-state index contributed by atoms with van der Waals surface area (Å²) in [6.45, 7) is 0. The highest BCUT2D eigenvalue weighted by atomic mass is 35.5. The summed E-state index contributed by atoms with van der Waals surface area (Å²) >= 11 is 5.87. The van der Waals surface area contributed by atoms with Crippen LogP contribution in [0.5, 0.6) is 0 Å².